The second kappa shape index (κ2) is 11.4. The van der Waals surface area contributed by atoms with Crippen molar-refractivity contribution < 1.29 is 14.3 Å². The topological polar surface area (TPSA) is 62.8 Å². The second-order valence-corrected chi connectivity index (χ2v) is 11.2. The first kappa shape index (κ1) is 25.5. The van der Waals surface area contributed by atoms with E-state index in [0.717, 1.165) is 63.5 Å². The van der Waals surface area contributed by atoms with Gasteiger partial charge in [-0.25, -0.2) is 0 Å². The first-order chi connectivity index (χ1) is 16.4. The lowest BCUT2D eigenvalue weighted by Gasteiger charge is -2.36. The maximum atomic E-state index is 12.7. The zero-order valence-corrected chi connectivity index (χ0v) is 22.3. The van der Waals surface area contributed by atoms with Crippen LogP contribution in [0.5, 0.6) is 5.75 Å². The summed E-state index contributed by atoms with van der Waals surface area (Å²) >= 11 is 0. The molecular weight excluding hydrogens is 445 g/mol. The zero-order valence-electron chi connectivity index (χ0n) is 21.1. The summed E-state index contributed by atoms with van der Waals surface area (Å²) in [6, 6.07) is 5.58. The van der Waals surface area contributed by atoms with Crippen molar-refractivity contribution in [3.63, 3.8) is 0 Å². The molecule has 2 aliphatic heterocycles. The molecule has 7 heteroatoms. The van der Waals surface area contributed by atoms with Gasteiger partial charge in [-0.15, -0.1) is 9.24 Å². The van der Waals surface area contributed by atoms with Gasteiger partial charge in [-0.05, 0) is 101 Å². The fourth-order valence-electron chi connectivity index (χ4n) is 5.43. The number of nitrogens with one attached hydrogen (secondary N) is 2. The van der Waals surface area contributed by atoms with E-state index >= 15 is 0 Å². The molecule has 3 aliphatic rings. The Balaban J connectivity index is 1.23. The van der Waals surface area contributed by atoms with Gasteiger partial charge in [0.2, 0.25) is 0 Å². The van der Waals surface area contributed by atoms with Crippen LogP contribution < -0.4 is 20.7 Å². The Morgan fingerprint density at radius 1 is 1.15 bits per heavy atom. The number of ether oxygens (including phenoxy) is 2. The number of likely N-dealkylation sites (tertiary alicyclic amines) is 1. The van der Waals surface area contributed by atoms with E-state index in [2.05, 4.69) is 38.6 Å². The van der Waals surface area contributed by atoms with Gasteiger partial charge in [0.1, 0.15) is 5.75 Å². The van der Waals surface area contributed by atoms with E-state index in [-0.39, 0.29) is 5.91 Å². The molecule has 2 heterocycles. The molecule has 1 aromatic carbocycles. The molecule has 0 spiro atoms. The first-order valence-corrected chi connectivity index (χ1v) is 13.4. The van der Waals surface area contributed by atoms with E-state index in [1.165, 1.54) is 37.0 Å². The van der Waals surface area contributed by atoms with Crippen LogP contribution in [-0.2, 0) is 4.74 Å². The Morgan fingerprint density at radius 3 is 2.47 bits per heavy atom. The largest absolute Gasteiger partial charge is 0.497 e. The van der Waals surface area contributed by atoms with Gasteiger partial charge in [-0.3, -0.25) is 9.69 Å². The highest BCUT2D eigenvalue weighted by Crippen LogP contribution is 2.47. The van der Waals surface area contributed by atoms with Crippen LogP contribution in [0, 0.1) is 11.8 Å². The van der Waals surface area contributed by atoms with Crippen LogP contribution >= 0.6 is 9.24 Å². The number of benzene rings is 1. The van der Waals surface area contributed by atoms with E-state index in [9.17, 15) is 4.79 Å². The standard InChI is InChI=1S/C27H42N3O3P/c1-19(2)25(29-27(8-9-27)22-6-12-33-13-7-22)18-30-10-4-20(5-11-30)17-28-26(31)21-14-23(32-3)16-24(34)15-21/h14-16,20,22,29H,4-13,17-18,34H2,1-3H3,(H,28,31). The third-order valence-corrected chi connectivity index (χ3v) is 8.20. The minimum absolute atomic E-state index is 0.0242. The molecular formula is C27H42N3O3P. The van der Waals surface area contributed by atoms with Gasteiger partial charge in [0.15, 0.2) is 0 Å². The Bertz CT molecular complexity index is 881. The maximum Gasteiger partial charge on any atom is 0.251 e. The fraction of sp³-hybridized carbons (Fsp3) is 0.667. The number of nitrogens with zero attached hydrogens (tertiary/aromatic N) is 1. The molecule has 0 aromatic heterocycles. The predicted octanol–water partition coefficient (Wildman–Crippen LogP) is 3.48. The van der Waals surface area contributed by atoms with Crippen molar-refractivity contribution >= 4 is 20.5 Å². The summed E-state index contributed by atoms with van der Waals surface area (Å²) in [5.74, 6) is 1.96. The van der Waals surface area contributed by atoms with E-state index < -0.39 is 0 Å². The minimum atomic E-state index is -0.0242. The molecule has 0 radical (unpaired) electrons. The van der Waals surface area contributed by atoms with Crippen molar-refractivity contribution in [1.29, 1.82) is 0 Å². The molecule has 188 valence electrons. The molecule has 0 bridgehead atoms. The highest BCUT2D eigenvalue weighted by Gasteiger charge is 2.49. The maximum absolute atomic E-state index is 12.7. The van der Waals surface area contributed by atoms with Gasteiger partial charge < -0.3 is 20.1 Å². The summed E-state index contributed by atoms with van der Waals surface area (Å²) in [5.41, 5.74) is 3.79. The van der Waals surface area contributed by atoms with Gasteiger partial charge in [0.05, 0.1) is 7.11 Å². The summed E-state index contributed by atoms with van der Waals surface area (Å²) in [5, 5.41) is 8.11. The van der Waals surface area contributed by atoms with Crippen molar-refractivity contribution in [3.8, 4) is 5.75 Å². The van der Waals surface area contributed by atoms with E-state index in [4.69, 9.17) is 9.47 Å². The van der Waals surface area contributed by atoms with Crippen LogP contribution in [0.1, 0.15) is 62.7 Å². The molecule has 34 heavy (non-hydrogen) atoms. The van der Waals surface area contributed by atoms with Crippen LogP contribution in [-0.4, -0.2) is 62.8 Å². The van der Waals surface area contributed by atoms with Crippen LogP contribution in [0.2, 0.25) is 0 Å². The number of carbonyl (C=O) groups is 1. The van der Waals surface area contributed by atoms with E-state index in [0.29, 0.717) is 22.8 Å². The number of methoxy groups -OCH3 is 1. The Kier molecular flexibility index (Phi) is 8.55. The molecule has 1 atom stereocenters. The molecule has 2 N–H and O–H groups in total. The van der Waals surface area contributed by atoms with Gasteiger partial charge in [0.25, 0.3) is 5.91 Å². The number of hydrogen-bond acceptors (Lipinski definition) is 5. The summed E-state index contributed by atoms with van der Waals surface area (Å²) in [4.78, 5) is 15.2. The molecule has 1 unspecified atom stereocenters. The molecule has 4 rings (SSSR count). The lowest BCUT2D eigenvalue weighted by atomic mass is 9.89. The number of amides is 1. The first-order valence-electron chi connectivity index (χ1n) is 12.9. The molecule has 1 saturated carbocycles. The number of hydrogen-bond donors (Lipinski definition) is 2. The lowest BCUT2D eigenvalue weighted by molar-refractivity contribution is 0.0506. The van der Waals surface area contributed by atoms with Crippen molar-refractivity contribution in [2.24, 2.45) is 11.8 Å². The van der Waals surface area contributed by atoms with E-state index in [1.54, 1.807) is 13.2 Å². The van der Waals surface area contributed by atoms with Crippen molar-refractivity contribution in [2.45, 2.75) is 57.9 Å². The summed E-state index contributed by atoms with van der Waals surface area (Å²) in [6.45, 7) is 10.2. The summed E-state index contributed by atoms with van der Waals surface area (Å²) in [6.07, 6.45) is 7.20. The van der Waals surface area contributed by atoms with Gasteiger partial charge in [-0.1, -0.05) is 5.57 Å². The number of carbonyl (C=O) groups excluding carboxylic acids is 1. The lowest BCUT2D eigenvalue weighted by Crippen LogP contribution is -2.45. The average molecular weight is 488 g/mol. The number of rotatable bonds is 9. The molecule has 1 aromatic rings. The van der Waals surface area contributed by atoms with Crippen LogP contribution in [0.4, 0.5) is 0 Å². The molecule has 2 saturated heterocycles. The highest BCUT2D eigenvalue weighted by atomic mass is 31.0. The minimum Gasteiger partial charge on any atom is -0.497 e. The second-order valence-electron chi connectivity index (χ2n) is 10.6. The third kappa shape index (κ3) is 6.53. The molecule has 3 fully saturated rings. The fourth-order valence-corrected chi connectivity index (χ4v) is 5.77. The Labute approximate surface area is 207 Å². The van der Waals surface area contributed by atoms with Crippen LogP contribution in [0.3, 0.4) is 0 Å². The smallest absolute Gasteiger partial charge is 0.251 e. The van der Waals surface area contributed by atoms with Crippen LogP contribution in [0.15, 0.2) is 29.5 Å². The van der Waals surface area contributed by atoms with Crippen molar-refractivity contribution in [1.82, 2.24) is 15.5 Å². The summed E-state index contributed by atoms with van der Waals surface area (Å²) < 4.78 is 10.9. The van der Waals surface area contributed by atoms with Gasteiger partial charge in [-0.2, -0.15) is 0 Å². The number of piperidine rings is 1. The molecule has 1 amide bonds. The summed E-state index contributed by atoms with van der Waals surface area (Å²) in [7, 11) is 4.26. The average Bonchev–Trinajstić information content (AvgIpc) is 3.63. The van der Waals surface area contributed by atoms with Gasteiger partial charge >= 0.3 is 0 Å². The third-order valence-electron chi connectivity index (χ3n) is 7.86. The molecule has 6 nitrogen and oxygen atoms in total. The monoisotopic (exact) mass is 487 g/mol. The Hall–Kier alpha value is -1.62. The normalized spacial score (nSPS) is 21.1. The quantitative estimate of drug-likeness (QED) is 0.523. The number of allylic oxidation sites excluding steroid dienone is 1. The van der Waals surface area contributed by atoms with Crippen molar-refractivity contribution in [3.05, 3.63) is 35.0 Å². The zero-order chi connectivity index (χ0) is 24.1. The highest BCUT2D eigenvalue weighted by molar-refractivity contribution is 7.27. The van der Waals surface area contributed by atoms with E-state index in [1.807, 2.05) is 12.1 Å². The van der Waals surface area contributed by atoms with Crippen molar-refractivity contribution in [2.75, 3.05) is 46.5 Å². The SMILES string of the molecule is COc1cc(P)cc(C(=O)NCC2CCN(CC(NC3(C4CCOCC4)CC3)=C(C)C)CC2)c1. The molecule has 1 aliphatic carbocycles. The van der Waals surface area contributed by atoms with Crippen LogP contribution in [0.25, 0.3) is 0 Å². The van der Waals surface area contributed by atoms with Gasteiger partial charge in [0, 0.05) is 43.1 Å². The predicted molar refractivity (Wildman–Crippen MR) is 141 cm³/mol. The Morgan fingerprint density at radius 2 is 1.85 bits per heavy atom.